The number of rotatable bonds is 4. The first-order chi connectivity index (χ1) is 6.85. The highest BCUT2D eigenvalue weighted by molar-refractivity contribution is 5.70. The first kappa shape index (κ1) is 13.7. The Balaban J connectivity index is 3.52. The maximum Gasteiger partial charge on any atom is 0.406 e. The minimum absolute atomic E-state index is 0.0765. The molecule has 0 aliphatic heterocycles. The van der Waals surface area contributed by atoms with Gasteiger partial charge >= 0.3 is 12.1 Å². The van der Waals surface area contributed by atoms with Crippen LogP contribution in [0.15, 0.2) is 0 Å². The Labute approximate surface area is 90.1 Å². The third kappa shape index (κ3) is 9.05. The summed E-state index contributed by atoms with van der Waals surface area (Å²) in [7, 11) is 1.28. The summed E-state index contributed by atoms with van der Waals surface area (Å²) in [4.78, 5) is 21.8. The van der Waals surface area contributed by atoms with Gasteiger partial charge in [-0.25, -0.2) is 4.79 Å². The molecule has 0 fully saturated rings. The van der Waals surface area contributed by atoms with Crippen LogP contribution < -0.4 is 5.32 Å². The van der Waals surface area contributed by atoms with Crippen LogP contribution in [0.4, 0.5) is 4.79 Å². The Morgan fingerprint density at radius 3 is 2.33 bits per heavy atom. The van der Waals surface area contributed by atoms with Crippen molar-refractivity contribution in [2.45, 2.75) is 27.2 Å². The van der Waals surface area contributed by atoms with E-state index >= 15 is 0 Å². The molecule has 0 unspecified atom stereocenters. The number of carbonyl (C=O) groups is 2. The second kappa shape index (κ2) is 6.27. The molecule has 0 saturated heterocycles. The Hall–Kier alpha value is -1.26. The van der Waals surface area contributed by atoms with Gasteiger partial charge in [0.2, 0.25) is 0 Å². The lowest BCUT2D eigenvalue weighted by atomic mass is 9.93. The Bertz CT molecular complexity index is 220. The number of nitrogens with one attached hydrogen (secondary N) is 1. The van der Waals surface area contributed by atoms with E-state index in [0.29, 0.717) is 6.42 Å². The molecule has 1 N–H and O–H groups in total. The van der Waals surface area contributed by atoms with Crippen LogP contribution in [0.25, 0.3) is 0 Å². The van der Waals surface area contributed by atoms with Gasteiger partial charge in [0.25, 0.3) is 0 Å². The third-order valence-electron chi connectivity index (χ3n) is 1.49. The number of esters is 1. The molecule has 0 bridgehead atoms. The summed E-state index contributed by atoms with van der Waals surface area (Å²) < 4.78 is 9.25. The Kier molecular flexibility index (Phi) is 5.74. The number of ether oxygens (including phenoxy) is 2. The maximum atomic E-state index is 11.2. The lowest BCUT2D eigenvalue weighted by molar-refractivity contribution is -0.145. The molecule has 0 aromatic rings. The molecule has 88 valence electrons. The second-order valence-electron chi connectivity index (χ2n) is 4.38. The number of carbonyl (C=O) groups excluding carboxylic acids is 2. The summed E-state index contributed by atoms with van der Waals surface area (Å²) in [6.45, 7) is 6.31. The van der Waals surface area contributed by atoms with Crippen molar-refractivity contribution in [3.63, 3.8) is 0 Å². The number of hydrogen-bond acceptors (Lipinski definition) is 4. The number of alkyl carbamates (subject to hydrolysis) is 1. The van der Waals surface area contributed by atoms with Gasteiger partial charge in [0.1, 0.15) is 6.61 Å². The molecule has 0 aliphatic rings. The van der Waals surface area contributed by atoms with E-state index < -0.39 is 6.09 Å². The molecule has 0 heterocycles. The molecule has 0 aliphatic carbocycles. The van der Waals surface area contributed by atoms with Crippen molar-refractivity contribution < 1.29 is 19.1 Å². The monoisotopic (exact) mass is 217 g/mol. The minimum atomic E-state index is -0.526. The summed E-state index contributed by atoms with van der Waals surface area (Å²) in [5.41, 5.74) is -0.0765. The van der Waals surface area contributed by atoms with E-state index in [1.807, 2.05) is 20.8 Å². The topological polar surface area (TPSA) is 64.6 Å². The van der Waals surface area contributed by atoms with Gasteiger partial charge in [-0.1, -0.05) is 20.8 Å². The molecule has 5 nitrogen and oxygen atoms in total. The molecular weight excluding hydrogens is 198 g/mol. The fourth-order valence-electron chi connectivity index (χ4n) is 0.874. The van der Waals surface area contributed by atoms with Gasteiger partial charge in [-0.05, 0) is 5.41 Å². The molecule has 0 saturated carbocycles. The summed E-state index contributed by atoms with van der Waals surface area (Å²) in [6, 6.07) is 0. The molecular formula is C10H19NO4. The fourth-order valence-corrected chi connectivity index (χ4v) is 0.874. The highest BCUT2D eigenvalue weighted by Gasteiger charge is 2.16. The zero-order chi connectivity index (χ0) is 11.9. The van der Waals surface area contributed by atoms with Gasteiger partial charge in [0, 0.05) is 0 Å². The van der Waals surface area contributed by atoms with Crippen molar-refractivity contribution in [2.75, 3.05) is 20.3 Å². The zero-order valence-corrected chi connectivity index (χ0v) is 9.75. The number of methoxy groups -OCH3 is 1. The van der Waals surface area contributed by atoms with Crippen molar-refractivity contribution in [3.05, 3.63) is 0 Å². The number of amides is 1. The van der Waals surface area contributed by atoms with Gasteiger partial charge < -0.3 is 14.8 Å². The number of hydrogen-bond donors (Lipinski definition) is 1. The Morgan fingerprint density at radius 1 is 1.27 bits per heavy atom. The van der Waals surface area contributed by atoms with E-state index in [-0.39, 0.29) is 24.5 Å². The molecule has 0 aromatic carbocycles. The lowest BCUT2D eigenvalue weighted by Gasteiger charge is -2.16. The SMILES string of the molecule is COC(=O)NCCOC(=O)CC(C)(C)C. The van der Waals surface area contributed by atoms with E-state index in [1.54, 1.807) is 0 Å². The van der Waals surface area contributed by atoms with Crippen molar-refractivity contribution in [1.82, 2.24) is 5.32 Å². The summed E-state index contributed by atoms with van der Waals surface area (Å²) >= 11 is 0. The second-order valence-corrected chi connectivity index (χ2v) is 4.38. The van der Waals surface area contributed by atoms with Crippen LogP contribution in [0.1, 0.15) is 27.2 Å². The van der Waals surface area contributed by atoms with Gasteiger partial charge in [-0.2, -0.15) is 0 Å². The van der Waals surface area contributed by atoms with E-state index in [4.69, 9.17) is 4.74 Å². The predicted molar refractivity (Wildman–Crippen MR) is 55.4 cm³/mol. The average Bonchev–Trinajstić information content (AvgIpc) is 2.09. The van der Waals surface area contributed by atoms with Crippen LogP contribution in [-0.2, 0) is 14.3 Å². The van der Waals surface area contributed by atoms with Crippen LogP contribution >= 0.6 is 0 Å². The molecule has 15 heavy (non-hydrogen) atoms. The quantitative estimate of drug-likeness (QED) is 0.569. The van der Waals surface area contributed by atoms with Gasteiger partial charge in [0.15, 0.2) is 0 Å². The van der Waals surface area contributed by atoms with E-state index in [0.717, 1.165) is 0 Å². The standard InChI is InChI=1S/C10H19NO4/c1-10(2,3)7-8(12)15-6-5-11-9(13)14-4/h5-7H2,1-4H3,(H,11,13). The van der Waals surface area contributed by atoms with Crippen LogP contribution in [0.3, 0.4) is 0 Å². The van der Waals surface area contributed by atoms with Gasteiger partial charge in [-0.15, -0.1) is 0 Å². The first-order valence-electron chi connectivity index (χ1n) is 4.82. The molecule has 0 atom stereocenters. The molecule has 0 rings (SSSR count). The normalized spacial score (nSPS) is 10.7. The van der Waals surface area contributed by atoms with Crippen LogP contribution in [0, 0.1) is 5.41 Å². The van der Waals surface area contributed by atoms with Gasteiger partial charge in [-0.3, -0.25) is 4.79 Å². The Morgan fingerprint density at radius 2 is 1.87 bits per heavy atom. The predicted octanol–water partition coefficient (Wildman–Crippen LogP) is 1.32. The summed E-state index contributed by atoms with van der Waals surface area (Å²) in [5.74, 6) is -0.255. The van der Waals surface area contributed by atoms with Crippen molar-refractivity contribution >= 4 is 12.1 Å². The minimum Gasteiger partial charge on any atom is -0.464 e. The summed E-state index contributed by atoms with van der Waals surface area (Å²) in [5, 5.41) is 2.41. The fraction of sp³-hybridized carbons (Fsp3) is 0.800. The molecule has 1 amide bonds. The summed E-state index contributed by atoms with van der Waals surface area (Å²) in [6.07, 6.45) is -0.160. The van der Waals surface area contributed by atoms with E-state index in [2.05, 4.69) is 10.1 Å². The third-order valence-corrected chi connectivity index (χ3v) is 1.49. The molecule has 5 heteroatoms. The zero-order valence-electron chi connectivity index (χ0n) is 9.75. The smallest absolute Gasteiger partial charge is 0.406 e. The molecule has 0 radical (unpaired) electrons. The average molecular weight is 217 g/mol. The highest BCUT2D eigenvalue weighted by atomic mass is 16.5. The lowest BCUT2D eigenvalue weighted by Crippen LogP contribution is -2.28. The molecule has 0 spiro atoms. The molecule has 0 aromatic heterocycles. The van der Waals surface area contributed by atoms with Crippen LogP contribution in [0.2, 0.25) is 0 Å². The van der Waals surface area contributed by atoms with Crippen LogP contribution in [-0.4, -0.2) is 32.3 Å². The van der Waals surface area contributed by atoms with E-state index in [1.165, 1.54) is 7.11 Å². The van der Waals surface area contributed by atoms with Crippen molar-refractivity contribution in [1.29, 1.82) is 0 Å². The highest BCUT2D eigenvalue weighted by Crippen LogP contribution is 2.18. The van der Waals surface area contributed by atoms with Crippen LogP contribution in [0.5, 0.6) is 0 Å². The maximum absolute atomic E-state index is 11.2. The largest absolute Gasteiger partial charge is 0.464 e. The van der Waals surface area contributed by atoms with Crippen molar-refractivity contribution in [2.24, 2.45) is 5.41 Å². The van der Waals surface area contributed by atoms with Gasteiger partial charge in [0.05, 0.1) is 20.1 Å². The van der Waals surface area contributed by atoms with Crippen molar-refractivity contribution in [3.8, 4) is 0 Å². The van der Waals surface area contributed by atoms with E-state index in [9.17, 15) is 9.59 Å². The first-order valence-corrected chi connectivity index (χ1v) is 4.82.